The zero-order valence-corrected chi connectivity index (χ0v) is 15.0. The third-order valence-corrected chi connectivity index (χ3v) is 5.30. The average molecular weight is 377 g/mol. The first-order valence-corrected chi connectivity index (χ1v) is 9.11. The van der Waals surface area contributed by atoms with Gasteiger partial charge in [-0.05, 0) is 23.8 Å². The Bertz CT molecular complexity index is 1090. The van der Waals surface area contributed by atoms with Crippen molar-refractivity contribution < 1.29 is 19.1 Å². The number of carbonyl (C=O) groups is 2. The van der Waals surface area contributed by atoms with Crippen LogP contribution in [0.2, 0.25) is 0 Å². The van der Waals surface area contributed by atoms with Crippen molar-refractivity contribution >= 4 is 39.7 Å². The fraction of sp³-hybridized carbons (Fsp3) is 0.0476. The molecule has 2 aromatic carbocycles. The van der Waals surface area contributed by atoms with E-state index in [0.717, 1.165) is 15.8 Å². The molecule has 0 saturated heterocycles. The highest BCUT2D eigenvalue weighted by molar-refractivity contribution is 7.18. The van der Waals surface area contributed by atoms with Crippen molar-refractivity contribution in [3.63, 3.8) is 0 Å². The van der Waals surface area contributed by atoms with E-state index in [9.17, 15) is 14.7 Å². The molecule has 0 atom stereocenters. The Labute approximate surface area is 158 Å². The molecule has 5 nitrogen and oxygen atoms in total. The summed E-state index contributed by atoms with van der Waals surface area (Å²) in [4.78, 5) is 25.0. The average Bonchev–Trinajstić information content (AvgIpc) is 3.31. The minimum atomic E-state index is -1.03. The van der Waals surface area contributed by atoms with Crippen molar-refractivity contribution in [1.29, 1.82) is 0 Å². The lowest BCUT2D eigenvalue weighted by Crippen LogP contribution is -2.14. The van der Waals surface area contributed by atoms with Gasteiger partial charge in [-0.15, -0.1) is 11.3 Å². The van der Waals surface area contributed by atoms with Crippen molar-refractivity contribution in [2.75, 3.05) is 11.9 Å². The standard InChI is InChI=1S/C21H15NO4S/c23-16(18-10-14-8-4-5-9-17(14)26-18)12-22-15-11-19(27-20(15)21(24)25)13-6-2-1-3-7-13/h1-11,22H,12H2,(H,24,25). The molecule has 6 heteroatoms. The van der Waals surface area contributed by atoms with Crippen LogP contribution in [0.1, 0.15) is 20.2 Å². The quantitative estimate of drug-likeness (QED) is 0.454. The highest BCUT2D eigenvalue weighted by Gasteiger charge is 2.18. The minimum absolute atomic E-state index is 0.0505. The second-order valence-electron chi connectivity index (χ2n) is 5.95. The Balaban J connectivity index is 1.55. The van der Waals surface area contributed by atoms with Gasteiger partial charge in [0, 0.05) is 10.3 Å². The first kappa shape index (κ1) is 17.1. The van der Waals surface area contributed by atoms with E-state index in [0.29, 0.717) is 11.3 Å². The lowest BCUT2D eigenvalue weighted by Gasteiger charge is -2.03. The molecule has 2 aromatic heterocycles. The molecule has 0 fully saturated rings. The number of carbonyl (C=O) groups excluding carboxylic acids is 1. The number of anilines is 1. The smallest absolute Gasteiger partial charge is 0.348 e. The Kier molecular flexibility index (Phi) is 4.48. The number of para-hydroxylation sites is 1. The monoisotopic (exact) mass is 377 g/mol. The first-order valence-electron chi connectivity index (χ1n) is 8.30. The number of furan rings is 1. The van der Waals surface area contributed by atoms with Crippen LogP contribution in [0, 0.1) is 0 Å². The number of carboxylic acids is 1. The number of rotatable bonds is 6. The summed E-state index contributed by atoms with van der Waals surface area (Å²) in [6, 6.07) is 20.4. The predicted octanol–water partition coefficient (Wildman–Crippen LogP) is 5.15. The van der Waals surface area contributed by atoms with Crippen molar-refractivity contribution in [3.05, 3.63) is 77.4 Å². The normalized spacial score (nSPS) is 10.8. The van der Waals surface area contributed by atoms with Crippen molar-refractivity contribution in [1.82, 2.24) is 0 Å². The molecule has 27 heavy (non-hydrogen) atoms. The first-order chi connectivity index (χ1) is 13.1. The van der Waals surface area contributed by atoms with Crippen LogP contribution in [0.5, 0.6) is 0 Å². The fourth-order valence-electron chi connectivity index (χ4n) is 2.81. The third-order valence-electron chi connectivity index (χ3n) is 4.12. The molecular weight excluding hydrogens is 362 g/mol. The number of aromatic carboxylic acids is 1. The molecule has 4 aromatic rings. The molecule has 2 heterocycles. The molecular formula is C21H15NO4S. The Morgan fingerprint density at radius 3 is 2.48 bits per heavy atom. The maximum atomic E-state index is 12.4. The van der Waals surface area contributed by atoms with Gasteiger partial charge in [0.2, 0.25) is 5.78 Å². The molecule has 0 radical (unpaired) electrons. The van der Waals surface area contributed by atoms with Gasteiger partial charge >= 0.3 is 5.97 Å². The second-order valence-corrected chi connectivity index (χ2v) is 7.00. The largest absolute Gasteiger partial charge is 0.477 e. The molecule has 0 amide bonds. The van der Waals surface area contributed by atoms with Crippen LogP contribution in [-0.2, 0) is 0 Å². The molecule has 0 spiro atoms. The van der Waals surface area contributed by atoms with E-state index in [2.05, 4.69) is 5.32 Å². The van der Waals surface area contributed by atoms with Gasteiger partial charge in [0.1, 0.15) is 10.5 Å². The fourth-order valence-corrected chi connectivity index (χ4v) is 3.79. The van der Waals surface area contributed by atoms with E-state index >= 15 is 0 Å². The molecule has 0 saturated carbocycles. The SMILES string of the molecule is O=C(CNc1cc(-c2ccccc2)sc1C(=O)O)c1cc2ccccc2o1. The van der Waals surface area contributed by atoms with Crippen LogP contribution in [0.3, 0.4) is 0 Å². The number of ketones is 1. The predicted molar refractivity (Wildman–Crippen MR) is 106 cm³/mol. The highest BCUT2D eigenvalue weighted by Crippen LogP contribution is 2.34. The lowest BCUT2D eigenvalue weighted by molar-refractivity contribution is 0.0702. The zero-order valence-electron chi connectivity index (χ0n) is 14.1. The minimum Gasteiger partial charge on any atom is -0.477 e. The van der Waals surface area contributed by atoms with Gasteiger partial charge in [0.25, 0.3) is 0 Å². The number of carboxylic acid groups (broad SMARTS) is 1. The molecule has 0 unspecified atom stereocenters. The van der Waals surface area contributed by atoms with Gasteiger partial charge in [-0.2, -0.15) is 0 Å². The number of benzene rings is 2. The van der Waals surface area contributed by atoms with Crippen LogP contribution in [-0.4, -0.2) is 23.4 Å². The van der Waals surface area contributed by atoms with E-state index in [4.69, 9.17) is 4.42 Å². The molecule has 0 aliphatic rings. The van der Waals surface area contributed by atoms with Gasteiger partial charge in [-0.3, -0.25) is 4.79 Å². The number of fused-ring (bicyclic) bond motifs is 1. The van der Waals surface area contributed by atoms with Crippen LogP contribution >= 0.6 is 11.3 Å². The Hall–Kier alpha value is -3.38. The van der Waals surface area contributed by atoms with Gasteiger partial charge in [0.05, 0.1) is 12.2 Å². The second kappa shape index (κ2) is 7.09. The molecule has 0 bridgehead atoms. The number of nitrogens with one attached hydrogen (secondary N) is 1. The Morgan fingerprint density at radius 1 is 1.00 bits per heavy atom. The molecule has 134 valence electrons. The maximum absolute atomic E-state index is 12.4. The summed E-state index contributed by atoms with van der Waals surface area (Å²) in [7, 11) is 0. The van der Waals surface area contributed by atoms with Crippen molar-refractivity contribution in [3.8, 4) is 10.4 Å². The summed E-state index contributed by atoms with van der Waals surface area (Å²) in [5, 5.41) is 13.3. The van der Waals surface area contributed by atoms with Crippen LogP contribution in [0.4, 0.5) is 5.69 Å². The van der Waals surface area contributed by atoms with Gasteiger partial charge in [-0.1, -0.05) is 48.5 Å². The third kappa shape index (κ3) is 3.47. The van der Waals surface area contributed by atoms with Crippen molar-refractivity contribution in [2.24, 2.45) is 0 Å². The van der Waals surface area contributed by atoms with Crippen LogP contribution < -0.4 is 5.32 Å². The topological polar surface area (TPSA) is 79.5 Å². The number of thiophene rings is 1. The van der Waals surface area contributed by atoms with Gasteiger partial charge < -0.3 is 14.8 Å². The summed E-state index contributed by atoms with van der Waals surface area (Å²) in [5.74, 6) is -1.02. The van der Waals surface area contributed by atoms with Gasteiger partial charge in [0.15, 0.2) is 5.76 Å². The Morgan fingerprint density at radius 2 is 1.74 bits per heavy atom. The summed E-state index contributed by atoms with van der Waals surface area (Å²) in [6.45, 7) is -0.0505. The lowest BCUT2D eigenvalue weighted by atomic mass is 10.2. The highest BCUT2D eigenvalue weighted by atomic mass is 32.1. The van der Waals surface area contributed by atoms with Crippen molar-refractivity contribution in [2.45, 2.75) is 0 Å². The number of hydrogen-bond acceptors (Lipinski definition) is 5. The van der Waals surface area contributed by atoms with E-state index in [-0.39, 0.29) is 23.0 Å². The molecule has 2 N–H and O–H groups in total. The van der Waals surface area contributed by atoms with Crippen LogP contribution in [0.15, 0.2) is 71.1 Å². The number of hydrogen-bond donors (Lipinski definition) is 2. The van der Waals surface area contributed by atoms with Crippen LogP contribution in [0.25, 0.3) is 21.4 Å². The number of Topliss-reactive ketones (excluding diaryl/α,β-unsaturated/α-hetero) is 1. The van der Waals surface area contributed by atoms with E-state index in [1.165, 1.54) is 11.3 Å². The zero-order chi connectivity index (χ0) is 18.8. The molecule has 0 aliphatic heterocycles. The molecule has 0 aliphatic carbocycles. The van der Waals surface area contributed by atoms with E-state index in [1.54, 1.807) is 18.2 Å². The summed E-state index contributed by atoms with van der Waals surface area (Å²) in [6.07, 6.45) is 0. The maximum Gasteiger partial charge on any atom is 0.348 e. The summed E-state index contributed by atoms with van der Waals surface area (Å²) < 4.78 is 5.57. The molecule has 4 rings (SSSR count). The van der Waals surface area contributed by atoms with Gasteiger partial charge in [-0.25, -0.2) is 4.79 Å². The summed E-state index contributed by atoms with van der Waals surface area (Å²) in [5.41, 5.74) is 2.01. The van der Waals surface area contributed by atoms with E-state index < -0.39 is 5.97 Å². The van der Waals surface area contributed by atoms with E-state index in [1.807, 2.05) is 48.5 Å². The summed E-state index contributed by atoms with van der Waals surface area (Å²) >= 11 is 1.18.